The Balaban J connectivity index is 1.73. The molecule has 0 bridgehead atoms. The van der Waals surface area contributed by atoms with Gasteiger partial charge in [0.15, 0.2) is 0 Å². The van der Waals surface area contributed by atoms with Crippen LogP contribution in [-0.2, 0) is 15.8 Å². The van der Waals surface area contributed by atoms with Gasteiger partial charge in [0, 0.05) is 38.3 Å². The fourth-order valence-corrected chi connectivity index (χ4v) is 5.02. The van der Waals surface area contributed by atoms with Crippen molar-refractivity contribution in [3.05, 3.63) is 29.3 Å². The number of primary amides is 1. The quantitative estimate of drug-likeness (QED) is 0.734. The first-order chi connectivity index (χ1) is 15.3. The molecule has 2 aliphatic heterocycles. The van der Waals surface area contributed by atoms with Crippen LogP contribution in [0.2, 0.25) is 0 Å². The lowest BCUT2D eigenvalue weighted by molar-refractivity contribution is -0.138. The number of nitrogens with two attached hydrogens (primary N) is 1. The van der Waals surface area contributed by atoms with Crippen molar-refractivity contribution in [3.63, 3.8) is 0 Å². The topological polar surface area (TPSA) is 90.4 Å². The second kappa shape index (κ2) is 9.24. The largest absolute Gasteiger partial charge is 0.417 e. The number of nitrogens with zero attached hydrogens (tertiary/aromatic N) is 3. The fraction of sp³-hybridized carbons (Fsp3) is 0.625. The highest BCUT2D eigenvalue weighted by atomic mass is 19.4. The number of anilines is 1. The molecule has 2 N–H and O–H groups in total. The van der Waals surface area contributed by atoms with E-state index in [4.69, 9.17) is 11.0 Å². The molecular weight excluding hydrogens is 433 g/mol. The highest BCUT2D eigenvalue weighted by Gasteiger charge is 2.43. The Bertz CT molecular complexity index is 940. The van der Waals surface area contributed by atoms with Crippen LogP contribution in [0.25, 0.3) is 0 Å². The van der Waals surface area contributed by atoms with Crippen LogP contribution in [0.15, 0.2) is 18.2 Å². The van der Waals surface area contributed by atoms with Crippen LogP contribution in [0.1, 0.15) is 51.2 Å². The minimum atomic E-state index is -4.64. The summed E-state index contributed by atoms with van der Waals surface area (Å²) in [6, 6.07) is 5.23. The second-order valence-corrected chi connectivity index (χ2v) is 10.4. The molecule has 2 saturated heterocycles. The molecule has 180 valence electrons. The molecular formula is C24H31F3N4O2. The molecule has 3 rings (SSSR count). The van der Waals surface area contributed by atoms with E-state index in [0.29, 0.717) is 31.7 Å². The summed E-state index contributed by atoms with van der Waals surface area (Å²) in [5.74, 6) is -0.744. The lowest BCUT2D eigenvalue weighted by Gasteiger charge is -2.37. The summed E-state index contributed by atoms with van der Waals surface area (Å²) in [5, 5.41) is 9.04. The number of rotatable bonds is 4. The molecule has 2 fully saturated rings. The van der Waals surface area contributed by atoms with Gasteiger partial charge in [-0.15, -0.1) is 0 Å². The van der Waals surface area contributed by atoms with Gasteiger partial charge in [-0.3, -0.25) is 9.59 Å². The summed E-state index contributed by atoms with van der Waals surface area (Å²) >= 11 is 0. The highest BCUT2D eigenvalue weighted by molar-refractivity contribution is 5.79. The Hall–Kier alpha value is -2.76. The molecule has 1 aromatic rings. The highest BCUT2D eigenvalue weighted by Crippen LogP contribution is 2.40. The third kappa shape index (κ3) is 5.79. The molecule has 0 aliphatic carbocycles. The molecule has 2 heterocycles. The van der Waals surface area contributed by atoms with Gasteiger partial charge < -0.3 is 15.5 Å². The molecule has 0 radical (unpaired) electrons. The minimum Gasteiger partial charge on any atom is -0.370 e. The van der Waals surface area contributed by atoms with E-state index in [0.717, 1.165) is 18.9 Å². The lowest BCUT2D eigenvalue weighted by atomic mass is 9.78. The van der Waals surface area contributed by atoms with Crippen LogP contribution in [0.3, 0.4) is 0 Å². The Morgan fingerprint density at radius 1 is 1.15 bits per heavy atom. The first-order valence-corrected chi connectivity index (χ1v) is 11.2. The first-order valence-electron chi connectivity index (χ1n) is 11.2. The van der Waals surface area contributed by atoms with E-state index in [1.54, 1.807) is 11.0 Å². The zero-order valence-electron chi connectivity index (χ0n) is 19.3. The van der Waals surface area contributed by atoms with Crippen molar-refractivity contribution in [2.24, 2.45) is 28.9 Å². The maximum atomic E-state index is 13.4. The van der Waals surface area contributed by atoms with Crippen molar-refractivity contribution in [1.29, 1.82) is 5.26 Å². The van der Waals surface area contributed by atoms with E-state index in [1.165, 1.54) is 12.1 Å². The predicted molar refractivity (Wildman–Crippen MR) is 118 cm³/mol. The summed E-state index contributed by atoms with van der Waals surface area (Å²) in [4.78, 5) is 28.4. The van der Waals surface area contributed by atoms with Crippen LogP contribution in [0.5, 0.6) is 0 Å². The van der Waals surface area contributed by atoms with Crippen LogP contribution in [-0.4, -0.2) is 42.9 Å². The van der Waals surface area contributed by atoms with E-state index in [2.05, 4.69) is 0 Å². The van der Waals surface area contributed by atoms with Crippen molar-refractivity contribution >= 4 is 17.5 Å². The standard InChI is InChI=1S/C24H31F3N4O2/c1-23(2,3)11-21(32)30-8-6-15(7-9-30)18-13-31(14-19(18)22(29)33)17-5-4-16(12-28)20(10-17)24(25,26)27/h4-5,10,15,18-19H,6-9,11,13-14H2,1-3H3,(H2,29,33). The number of amides is 2. The number of nitriles is 1. The van der Waals surface area contributed by atoms with Crippen LogP contribution < -0.4 is 10.6 Å². The van der Waals surface area contributed by atoms with Gasteiger partial charge in [0.1, 0.15) is 0 Å². The number of halogens is 3. The summed E-state index contributed by atoms with van der Waals surface area (Å²) < 4.78 is 40.2. The minimum absolute atomic E-state index is 0.0900. The summed E-state index contributed by atoms with van der Waals surface area (Å²) in [7, 11) is 0. The summed E-state index contributed by atoms with van der Waals surface area (Å²) in [6.07, 6.45) is -2.70. The molecule has 0 saturated carbocycles. The number of carbonyl (C=O) groups is 2. The van der Waals surface area contributed by atoms with E-state index < -0.39 is 29.1 Å². The van der Waals surface area contributed by atoms with Crippen LogP contribution >= 0.6 is 0 Å². The molecule has 9 heteroatoms. The third-order valence-electron chi connectivity index (χ3n) is 6.70. The second-order valence-electron chi connectivity index (χ2n) is 10.4. The maximum Gasteiger partial charge on any atom is 0.417 e. The van der Waals surface area contributed by atoms with Crippen molar-refractivity contribution in [2.45, 2.75) is 46.2 Å². The molecule has 2 amide bonds. The fourth-order valence-electron chi connectivity index (χ4n) is 5.02. The molecule has 0 spiro atoms. The Labute approximate surface area is 192 Å². The molecule has 6 nitrogen and oxygen atoms in total. The van der Waals surface area contributed by atoms with E-state index >= 15 is 0 Å². The molecule has 1 aromatic carbocycles. The number of alkyl halides is 3. The molecule has 2 unspecified atom stereocenters. The number of piperidine rings is 1. The first kappa shape index (κ1) is 24.9. The van der Waals surface area contributed by atoms with E-state index in [1.807, 2.05) is 25.7 Å². The van der Waals surface area contributed by atoms with Gasteiger partial charge in [-0.05, 0) is 48.3 Å². The number of carbonyl (C=O) groups excluding carboxylic acids is 2. The third-order valence-corrected chi connectivity index (χ3v) is 6.70. The number of likely N-dealkylation sites (tertiary alicyclic amines) is 1. The molecule has 2 aliphatic rings. The van der Waals surface area contributed by atoms with Gasteiger partial charge >= 0.3 is 6.18 Å². The van der Waals surface area contributed by atoms with Crippen LogP contribution in [0.4, 0.5) is 18.9 Å². The monoisotopic (exact) mass is 464 g/mol. The zero-order chi connectivity index (χ0) is 24.6. The maximum absolute atomic E-state index is 13.4. The van der Waals surface area contributed by atoms with E-state index in [-0.39, 0.29) is 29.7 Å². The number of hydrogen-bond donors (Lipinski definition) is 1. The lowest BCUT2D eigenvalue weighted by Crippen LogP contribution is -2.43. The van der Waals surface area contributed by atoms with Crippen molar-refractivity contribution < 1.29 is 22.8 Å². The van der Waals surface area contributed by atoms with Crippen molar-refractivity contribution in [3.8, 4) is 6.07 Å². The van der Waals surface area contributed by atoms with Gasteiger partial charge in [0.05, 0.1) is 23.1 Å². The zero-order valence-corrected chi connectivity index (χ0v) is 19.3. The summed E-state index contributed by atoms with van der Waals surface area (Å²) in [5.41, 5.74) is 4.50. The molecule has 33 heavy (non-hydrogen) atoms. The molecule has 2 atom stereocenters. The SMILES string of the molecule is CC(C)(C)CC(=O)N1CCC(C2CN(c3ccc(C#N)c(C(F)(F)F)c3)CC2C(N)=O)CC1. The average Bonchev–Trinajstić information content (AvgIpc) is 3.17. The van der Waals surface area contributed by atoms with Crippen LogP contribution in [0, 0.1) is 34.5 Å². The van der Waals surface area contributed by atoms with Crippen molar-refractivity contribution in [1.82, 2.24) is 4.90 Å². The van der Waals surface area contributed by atoms with Crippen molar-refractivity contribution in [2.75, 3.05) is 31.1 Å². The molecule has 0 aromatic heterocycles. The van der Waals surface area contributed by atoms with Gasteiger partial charge in [-0.1, -0.05) is 20.8 Å². The normalized spacial score (nSPS) is 22.3. The van der Waals surface area contributed by atoms with Gasteiger partial charge in [-0.25, -0.2) is 0 Å². The van der Waals surface area contributed by atoms with Gasteiger partial charge in [0.2, 0.25) is 11.8 Å². The summed E-state index contributed by atoms with van der Waals surface area (Å²) in [6.45, 7) is 7.94. The average molecular weight is 465 g/mol. The number of benzene rings is 1. The predicted octanol–water partition coefficient (Wildman–Crippen LogP) is 3.79. The Morgan fingerprint density at radius 2 is 1.79 bits per heavy atom. The Morgan fingerprint density at radius 3 is 2.30 bits per heavy atom. The van der Waals surface area contributed by atoms with E-state index in [9.17, 15) is 22.8 Å². The smallest absolute Gasteiger partial charge is 0.370 e. The van der Waals surface area contributed by atoms with Gasteiger partial charge in [0.25, 0.3) is 0 Å². The Kier molecular flexibility index (Phi) is 6.96. The number of hydrogen-bond acceptors (Lipinski definition) is 4. The van der Waals surface area contributed by atoms with Gasteiger partial charge in [-0.2, -0.15) is 18.4 Å².